The van der Waals surface area contributed by atoms with Gasteiger partial charge in [0.15, 0.2) is 0 Å². The Kier molecular flexibility index (Phi) is 2.23. The molecule has 2 nitrogen and oxygen atoms in total. The van der Waals surface area contributed by atoms with Crippen molar-refractivity contribution in [3.63, 3.8) is 0 Å². The number of fused-ring (bicyclic) bond motifs is 1. The molecule has 1 heterocycles. The number of hydrogen-bond donors (Lipinski definition) is 1. The summed E-state index contributed by atoms with van der Waals surface area (Å²) in [4.78, 5) is 0. The number of aromatic amines is 1. The average Bonchev–Trinajstić information content (AvgIpc) is 2.50. The van der Waals surface area contributed by atoms with Crippen molar-refractivity contribution >= 4 is 22.5 Å². The molecule has 0 atom stereocenters. The Morgan fingerprint density at radius 1 is 1.40 bits per heavy atom. The van der Waals surface area contributed by atoms with Crippen LogP contribution in [0.5, 0.6) is 0 Å². The van der Waals surface area contributed by atoms with Crippen LogP contribution in [0.25, 0.3) is 10.9 Å². The second-order valence-electron chi connectivity index (χ2n) is 4.63. The third-order valence-corrected chi connectivity index (χ3v) is 2.76. The molecule has 0 amide bonds. The summed E-state index contributed by atoms with van der Waals surface area (Å²) in [6.07, 6.45) is 1.68. The van der Waals surface area contributed by atoms with Crippen molar-refractivity contribution < 1.29 is 4.39 Å². The monoisotopic (exact) mass is 226 g/mol. The maximum Gasteiger partial charge on any atom is 0.144 e. The first kappa shape index (κ1) is 10.4. The van der Waals surface area contributed by atoms with Gasteiger partial charge in [-0.2, -0.15) is 5.10 Å². The van der Waals surface area contributed by atoms with E-state index in [1.165, 1.54) is 6.07 Å². The minimum atomic E-state index is -0.404. The minimum Gasteiger partial charge on any atom is -0.278 e. The summed E-state index contributed by atoms with van der Waals surface area (Å²) in [5.41, 5.74) is 1.27. The number of benzene rings is 1. The van der Waals surface area contributed by atoms with Crippen LogP contribution in [-0.2, 0) is 5.41 Å². The zero-order valence-electron chi connectivity index (χ0n) is 8.86. The first-order chi connectivity index (χ1) is 6.91. The molecule has 0 aliphatic heterocycles. The van der Waals surface area contributed by atoms with E-state index in [-0.39, 0.29) is 10.4 Å². The second kappa shape index (κ2) is 3.20. The highest BCUT2D eigenvalue weighted by molar-refractivity contribution is 6.32. The fourth-order valence-electron chi connectivity index (χ4n) is 1.77. The molecule has 0 saturated carbocycles. The highest BCUT2D eigenvalue weighted by atomic mass is 35.5. The Labute approximate surface area is 92.4 Å². The Balaban J connectivity index is 2.90. The third kappa shape index (κ3) is 1.61. The second-order valence-corrected chi connectivity index (χ2v) is 5.01. The topological polar surface area (TPSA) is 28.7 Å². The van der Waals surface area contributed by atoms with Gasteiger partial charge in [0.2, 0.25) is 0 Å². The van der Waals surface area contributed by atoms with Crippen molar-refractivity contribution in [1.29, 1.82) is 0 Å². The zero-order chi connectivity index (χ0) is 11.2. The van der Waals surface area contributed by atoms with Gasteiger partial charge in [-0.3, -0.25) is 5.10 Å². The largest absolute Gasteiger partial charge is 0.278 e. The van der Waals surface area contributed by atoms with Crippen LogP contribution < -0.4 is 0 Å². The van der Waals surface area contributed by atoms with Crippen molar-refractivity contribution in [1.82, 2.24) is 10.2 Å². The van der Waals surface area contributed by atoms with Gasteiger partial charge in [0.1, 0.15) is 5.82 Å². The summed E-state index contributed by atoms with van der Waals surface area (Å²) in [6, 6.07) is 1.37. The van der Waals surface area contributed by atoms with Crippen LogP contribution in [0.1, 0.15) is 26.3 Å². The maximum atomic E-state index is 13.5. The zero-order valence-corrected chi connectivity index (χ0v) is 9.61. The molecule has 0 unspecified atom stereocenters. The molecule has 1 aromatic carbocycles. The van der Waals surface area contributed by atoms with Crippen molar-refractivity contribution in [2.75, 3.05) is 0 Å². The van der Waals surface area contributed by atoms with Crippen molar-refractivity contribution in [2.24, 2.45) is 0 Å². The smallest absolute Gasteiger partial charge is 0.144 e. The highest BCUT2D eigenvalue weighted by Crippen LogP contribution is 2.36. The first-order valence-corrected chi connectivity index (χ1v) is 5.10. The lowest BCUT2D eigenvalue weighted by Crippen LogP contribution is -2.13. The van der Waals surface area contributed by atoms with Crippen LogP contribution in [0.3, 0.4) is 0 Å². The van der Waals surface area contributed by atoms with Gasteiger partial charge in [0.25, 0.3) is 0 Å². The molecule has 80 valence electrons. The number of rotatable bonds is 0. The summed E-state index contributed by atoms with van der Waals surface area (Å²) < 4.78 is 13.5. The number of nitrogens with zero attached hydrogens (tertiary/aromatic N) is 1. The fourth-order valence-corrected chi connectivity index (χ4v) is 2.21. The quantitative estimate of drug-likeness (QED) is 0.730. The molecule has 1 N–H and O–H groups in total. The Morgan fingerprint density at radius 2 is 2.07 bits per heavy atom. The molecule has 15 heavy (non-hydrogen) atoms. The molecule has 4 heteroatoms. The van der Waals surface area contributed by atoms with E-state index in [1.807, 2.05) is 20.8 Å². The molecule has 0 radical (unpaired) electrons. The summed E-state index contributed by atoms with van der Waals surface area (Å²) in [6.45, 7) is 6.00. The van der Waals surface area contributed by atoms with E-state index in [9.17, 15) is 4.39 Å². The van der Waals surface area contributed by atoms with E-state index in [0.717, 1.165) is 10.9 Å². The summed E-state index contributed by atoms with van der Waals surface area (Å²) >= 11 is 6.00. The maximum absolute atomic E-state index is 13.5. The molecule has 0 aliphatic rings. The van der Waals surface area contributed by atoms with E-state index in [2.05, 4.69) is 10.2 Å². The van der Waals surface area contributed by atoms with Crippen molar-refractivity contribution in [3.05, 3.63) is 28.7 Å². The van der Waals surface area contributed by atoms with E-state index >= 15 is 0 Å². The predicted molar refractivity (Wildman–Crippen MR) is 59.8 cm³/mol. The molecule has 0 aliphatic carbocycles. The summed E-state index contributed by atoms with van der Waals surface area (Å²) in [5, 5.41) is 7.73. The number of H-pyrrole nitrogens is 1. The summed E-state index contributed by atoms with van der Waals surface area (Å²) in [5.74, 6) is -0.404. The molecule has 2 rings (SSSR count). The lowest BCUT2D eigenvalue weighted by molar-refractivity contribution is 0.579. The number of halogens is 2. The van der Waals surface area contributed by atoms with Gasteiger partial charge in [0, 0.05) is 11.5 Å². The van der Waals surface area contributed by atoms with E-state index in [0.29, 0.717) is 5.52 Å². The van der Waals surface area contributed by atoms with E-state index < -0.39 is 5.82 Å². The van der Waals surface area contributed by atoms with Crippen LogP contribution >= 0.6 is 11.6 Å². The van der Waals surface area contributed by atoms with Crippen molar-refractivity contribution in [2.45, 2.75) is 26.2 Å². The molecular formula is C11H12ClFN2. The predicted octanol–water partition coefficient (Wildman–Crippen LogP) is 3.65. The van der Waals surface area contributed by atoms with Crippen LogP contribution in [0, 0.1) is 5.82 Å². The molecular weight excluding hydrogens is 215 g/mol. The van der Waals surface area contributed by atoms with Gasteiger partial charge in [-0.05, 0) is 11.0 Å². The fraction of sp³-hybridized carbons (Fsp3) is 0.364. The van der Waals surface area contributed by atoms with E-state index in [1.54, 1.807) is 6.20 Å². The van der Waals surface area contributed by atoms with E-state index in [4.69, 9.17) is 11.6 Å². The van der Waals surface area contributed by atoms with Gasteiger partial charge in [0.05, 0.1) is 16.7 Å². The third-order valence-electron chi connectivity index (χ3n) is 2.39. The summed E-state index contributed by atoms with van der Waals surface area (Å²) in [7, 11) is 0. The number of nitrogens with one attached hydrogen (secondary N) is 1. The molecule has 1 aromatic heterocycles. The molecule has 2 aromatic rings. The lowest BCUT2D eigenvalue weighted by Gasteiger charge is -2.21. The van der Waals surface area contributed by atoms with Crippen LogP contribution in [0.2, 0.25) is 5.02 Å². The van der Waals surface area contributed by atoms with Crippen LogP contribution in [-0.4, -0.2) is 10.2 Å². The van der Waals surface area contributed by atoms with Gasteiger partial charge in [-0.25, -0.2) is 4.39 Å². The first-order valence-electron chi connectivity index (χ1n) is 4.73. The molecule has 0 saturated heterocycles. The van der Waals surface area contributed by atoms with Gasteiger partial charge in [-0.15, -0.1) is 0 Å². The Morgan fingerprint density at radius 3 is 2.67 bits per heavy atom. The van der Waals surface area contributed by atoms with Crippen LogP contribution in [0.4, 0.5) is 4.39 Å². The molecule has 0 bridgehead atoms. The average molecular weight is 227 g/mol. The molecule has 0 fully saturated rings. The van der Waals surface area contributed by atoms with Crippen molar-refractivity contribution in [3.8, 4) is 0 Å². The minimum absolute atomic E-state index is 0.191. The Hall–Kier alpha value is -1.09. The number of aromatic nitrogens is 2. The SMILES string of the molecule is CC(C)(C)c1c(Cl)c(F)cc2[nH]ncc12. The normalized spacial score (nSPS) is 12.3. The van der Waals surface area contributed by atoms with Gasteiger partial charge in [-0.1, -0.05) is 32.4 Å². The number of hydrogen-bond acceptors (Lipinski definition) is 1. The van der Waals surface area contributed by atoms with Crippen LogP contribution in [0.15, 0.2) is 12.3 Å². The lowest BCUT2D eigenvalue weighted by atomic mass is 9.85. The highest BCUT2D eigenvalue weighted by Gasteiger charge is 2.23. The Bertz CT molecular complexity index is 511. The standard InChI is InChI=1S/C11H12ClFN2/c1-11(2,3)9-6-5-14-15-8(6)4-7(13)10(9)12/h4-5H,1-3H3,(H,14,15). The van der Waals surface area contributed by atoms with Gasteiger partial charge < -0.3 is 0 Å². The molecule has 0 spiro atoms. The van der Waals surface area contributed by atoms with Gasteiger partial charge >= 0.3 is 0 Å².